The summed E-state index contributed by atoms with van der Waals surface area (Å²) in [5.74, 6) is 0.365. The molecule has 0 saturated carbocycles. The molecule has 0 bridgehead atoms. The van der Waals surface area contributed by atoms with Crippen LogP contribution in [-0.4, -0.2) is 34.7 Å². The second kappa shape index (κ2) is 5.69. The van der Waals surface area contributed by atoms with Crippen molar-refractivity contribution in [2.75, 3.05) is 20.2 Å². The predicted octanol–water partition coefficient (Wildman–Crippen LogP) is 0.725. The van der Waals surface area contributed by atoms with E-state index in [4.69, 9.17) is 4.74 Å². The van der Waals surface area contributed by atoms with Gasteiger partial charge in [-0.15, -0.1) is 0 Å². The monoisotopic (exact) mass is 270 g/mol. The minimum Gasteiger partial charge on any atom is -0.495 e. The maximum atomic E-state index is 12.1. The number of ether oxygens (including phenoxy) is 1. The second-order valence-electron chi connectivity index (χ2n) is 4.30. The summed E-state index contributed by atoms with van der Waals surface area (Å²) >= 11 is 0. The number of para-hydroxylation sites is 1. The average Bonchev–Trinajstić information content (AvgIpc) is 2.89. The highest BCUT2D eigenvalue weighted by molar-refractivity contribution is 7.89. The van der Waals surface area contributed by atoms with E-state index in [1.807, 2.05) is 0 Å². The van der Waals surface area contributed by atoms with Crippen LogP contribution in [0.15, 0.2) is 29.2 Å². The number of hydrogen-bond donors (Lipinski definition) is 2. The minimum absolute atomic E-state index is 0.186. The van der Waals surface area contributed by atoms with Gasteiger partial charge < -0.3 is 10.1 Å². The molecule has 0 spiro atoms. The molecule has 6 heteroatoms. The van der Waals surface area contributed by atoms with Gasteiger partial charge in [-0.3, -0.25) is 0 Å². The lowest BCUT2D eigenvalue weighted by Crippen LogP contribution is -2.37. The van der Waals surface area contributed by atoms with Crippen LogP contribution in [0.3, 0.4) is 0 Å². The highest BCUT2D eigenvalue weighted by Crippen LogP contribution is 2.22. The zero-order chi connectivity index (χ0) is 13.0. The van der Waals surface area contributed by atoms with Gasteiger partial charge >= 0.3 is 0 Å². The van der Waals surface area contributed by atoms with Crippen LogP contribution < -0.4 is 14.8 Å². The van der Waals surface area contributed by atoms with E-state index >= 15 is 0 Å². The molecule has 1 aromatic rings. The first-order chi connectivity index (χ1) is 8.63. The highest BCUT2D eigenvalue weighted by Gasteiger charge is 2.21. The summed E-state index contributed by atoms with van der Waals surface area (Å²) in [5, 5.41) is 3.25. The van der Waals surface area contributed by atoms with Crippen molar-refractivity contribution in [3.63, 3.8) is 0 Å². The second-order valence-corrected chi connectivity index (χ2v) is 6.03. The van der Waals surface area contributed by atoms with Crippen LogP contribution in [0, 0.1) is 0 Å². The number of methoxy groups -OCH3 is 1. The minimum atomic E-state index is -3.51. The van der Waals surface area contributed by atoms with Crippen molar-refractivity contribution in [1.82, 2.24) is 10.0 Å². The van der Waals surface area contributed by atoms with Gasteiger partial charge in [-0.05, 0) is 31.5 Å². The SMILES string of the molecule is COc1ccccc1S(=O)(=O)NC[C@@H]1CCCN1. The highest BCUT2D eigenvalue weighted by atomic mass is 32.2. The Morgan fingerprint density at radius 1 is 1.44 bits per heavy atom. The third-order valence-corrected chi connectivity index (χ3v) is 4.50. The molecular formula is C12H18N2O3S. The molecule has 0 unspecified atom stereocenters. The molecule has 1 aromatic carbocycles. The molecule has 2 rings (SSSR count). The summed E-state index contributed by atoms with van der Waals surface area (Å²) in [4.78, 5) is 0.186. The van der Waals surface area contributed by atoms with Gasteiger partial charge in [-0.1, -0.05) is 12.1 Å². The first-order valence-corrected chi connectivity index (χ1v) is 7.48. The van der Waals surface area contributed by atoms with E-state index in [9.17, 15) is 8.42 Å². The third kappa shape index (κ3) is 3.01. The molecule has 0 amide bonds. The normalized spacial score (nSPS) is 19.9. The molecule has 0 radical (unpaired) electrons. The van der Waals surface area contributed by atoms with E-state index in [2.05, 4.69) is 10.0 Å². The Hall–Kier alpha value is -1.11. The summed E-state index contributed by atoms with van der Waals surface area (Å²) in [7, 11) is -2.04. The van der Waals surface area contributed by atoms with Gasteiger partial charge in [0.25, 0.3) is 0 Å². The summed E-state index contributed by atoms with van der Waals surface area (Å²) in [6.45, 7) is 1.38. The maximum absolute atomic E-state index is 12.1. The number of hydrogen-bond acceptors (Lipinski definition) is 4. The van der Waals surface area contributed by atoms with Crippen LogP contribution in [-0.2, 0) is 10.0 Å². The van der Waals surface area contributed by atoms with Gasteiger partial charge in [-0.2, -0.15) is 0 Å². The molecule has 100 valence electrons. The van der Waals surface area contributed by atoms with Gasteiger partial charge in [0.15, 0.2) is 0 Å². The van der Waals surface area contributed by atoms with Crippen LogP contribution in [0.1, 0.15) is 12.8 Å². The van der Waals surface area contributed by atoms with Crippen molar-refractivity contribution in [1.29, 1.82) is 0 Å². The molecule has 0 aliphatic carbocycles. The van der Waals surface area contributed by atoms with Gasteiger partial charge in [0.05, 0.1) is 7.11 Å². The van der Waals surface area contributed by atoms with E-state index in [0.29, 0.717) is 12.3 Å². The quantitative estimate of drug-likeness (QED) is 0.827. The zero-order valence-corrected chi connectivity index (χ0v) is 11.2. The Balaban J connectivity index is 2.09. The fraction of sp³-hybridized carbons (Fsp3) is 0.500. The Labute approximate surface area is 108 Å². The zero-order valence-electron chi connectivity index (χ0n) is 10.3. The summed E-state index contributed by atoms with van der Waals surface area (Å²) in [5.41, 5.74) is 0. The van der Waals surface area contributed by atoms with Crippen LogP contribution in [0.4, 0.5) is 0 Å². The number of benzene rings is 1. The van der Waals surface area contributed by atoms with Crippen molar-refractivity contribution < 1.29 is 13.2 Å². The lowest BCUT2D eigenvalue weighted by atomic mass is 10.2. The molecule has 0 aromatic heterocycles. The van der Waals surface area contributed by atoms with E-state index in [1.54, 1.807) is 24.3 Å². The molecule has 1 heterocycles. The van der Waals surface area contributed by atoms with Gasteiger partial charge in [0.1, 0.15) is 10.6 Å². The van der Waals surface area contributed by atoms with E-state index in [1.165, 1.54) is 7.11 Å². The van der Waals surface area contributed by atoms with Gasteiger partial charge in [0, 0.05) is 12.6 Å². The molecule has 5 nitrogen and oxygen atoms in total. The Morgan fingerprint density at radius 2 is 2.22 bits per heavy atom. The lowest BCUT2D eigenvalue weighted by molar-refractivity contribution is 0.402. The van der Waals surface area contributed by atoms with Crippen molar-refractivity contribution in [3.05, 3.63) is 24.3 Å². The molecule has 1 saturated heterocycles. The van der Waals surface area contributed by atoms with E-state index < -0.39 is 10.0 Å². The molecular weight excluding hydrogens is 252 g/mol. The molecule has 18 heavy (non-hydrogen) atoms. The number of nitrogens with one attached hydrogen (secondary N) is 2. The van der Waals surface area contributed by atoms with Crippen LogP contribution in [0.2, 0.25) is 0 Å². The molecule has 1 atom stereocenters. The first kappa shape index (κ1) is 13.3. The summed E-state index contributed by atoms with van der Waals surface area (Å²) in [6.07, 6.45) is 2.11. The maximum Gasteiger partial charge on any atom is 0.244 e. The van der Waals surface area contributed by atoms with Crippen LogP contribution in [0.25, 0.3) is 0 Å². The average molecular weight is 270 g/mol. The van der Waals surface area contributed by atoms with Crippen molar-refractivity contribution in [2.45, 2.75) is 23.8 Å². The van der Waals surface area contributed by atoms with Gasteiger partial charge in [-0.25, -0.2) is 13.1 Å². The predicted molar refractivity (Wildman–Crippen MR) is 69.2 cm³/mol. The van der Waals surface area contributed by atoms with Crippen molar-refractivity contribution in [2.24, 2.45) is 0 Å². The summed E-state index contributed by atoms with van der Waals surface area (Å²) in [6, 6.07) is 6.85. The van der Waals surface area contributed by atoms with Crippen LogP contribution >= 0.6 is 0 Å². The van der Waals surface area contributed by atoms with E-state index in [0.717, 1.165) is 19.4 Å². The fourth-order valence-corrected chi connectivity index (χ4v) is 3.31. The molecule has 1 aliphatic rings. The molecule has 1 aliphatic heterocycles. The number of sulfonamides is 1. The summed E-state index contributed by atoms with van der Waals surface area (Å²) < 4.78 is 32.0. The van der Waals surface area contributed by atoms with Crippen LogP contribution in [0.5, 0.6) is 5.75 Å². The Bertz CT molecular complexity index is 496. The first-order valence-electron chi connectivity index (χ1n) is 5.99. The Morgan fingerprint density at radius 3 is 2.89 bits per heavy atom. The molecule has 1 fully saturated rings. The molecule has 2 N–H and O–H groups in total. The van der Waals surface area contributed by atoms with Crippen molar-refractivity contribution >= 4 is 10.0 Å². The number of rotatable bonds is 5. The van der Waals surface area contributed by atoms with E-state index in [-0.39, 0.29) is 10.9 Å². The largest absolute Gasteiger partial charge is 0.495 e. The topological polar surface area (TPSA) is 67.4 Å². The lowest BCUT2D eigenvalue weighted by Gasteiger charge is -2.13. The fourth-order valence-electron chi connectivity index (χ4n) is 2.06. The smallest absolute Gasteiger partial charge is 0.244 e. The standard InChI is InChI=1S/C12H18N2O3S/c1-17-11-6-2-3-7-12(11)18(15,16)14-9-10-5-4-8-13-10/h2-3,6-7,10,13-14H,4-5,8-9H2,1H3/t10-/m0/s1. The third-order valence-electron chi connectivity index (χ3n) is 3.04. The van der Waals surface area contributed by atoms with Gasteiger partial charge in [0.2, 0.25) is 10.0 Å². The Kier molecular flexibility index (Phi) is 4.21. The van der Waals surface area contributed by atoms with Crippen molar-refractivity contribution in [3.8, 4) is 5.75 Å².